The Balaban J connectivity index is 4.43. The topological polar surface area (TPSA) is 137 Å². The molecule has 56 valence electrons. The third-order valence-electron chi connectivity index (χ3n) is 0.869. The molecule has 0 radical (unpaired) electrons. The van der Waals surface area contributed by atoms with E-state index in [-0.39, 0.29) is 0 Å². The average Bonchev–Trinajstić information content (AvgIpc) is 1.59. The van der Waals surface area contributed by atoms with Crippen LogP contribution in [0.15, 0.2) is 0 Å². The summed E-state index contributed by atoms with van der Waals surface area (Å²) in [6.45, 7) is 0. The molecule has 10 heavy (non-hydrogen) atoms. The molecule has 0 aliphatic rings. The van der Waals surface area contributed by atoms with Gasteiger partial charge >= 0.3 is 5.97 Å². The first kappa shape index (κ1) is 8.41. The molecular formula is C4H8N4O2. The maximum Gasteiger partial charge on any atom is 0.321 e. The van der Waals surface area contributed by atoms with Gasteiger partial charge in [-0.2, -0.15) is 0 Å². The summed E-state index contributed by atoms with van der Waals surface area (Å²) in [5.74, 6) is -4.10. The van der Waals surface area contributed by atoms with Crippen LogP contribution in [0, 0.1) is 16.7 Å². The molecular weight excluding hydrogens is 136 g/mol. The van der Waals surface area contributed by atoms with Gasteiger partial charge in [0.05, 0.1) is 0 Å². The van der Waals surface area contributed by atoms with Crippen LogP contribution in [0.3, 0.4) is 0 Å². The SMILES string of the molecule is N=C(N)C(C(=N)N)C(=O)O. The molecule has 0 aromatic heterocycles. The fourth-order valence-corrected chi connectivity index (χ4v) is 0.434. The first-order valence-electron chi connectivity index (χ1n) is 2.37. The third-order valence-corrected chi connectivity index (χ3v) is 0.869. The quantitative estimate of drug-likeness (QED) is 0.244. The monoisotopic (exact) mass is 144 g/mol. The summed E-state index contributed by atoms with van der Waals surface area (Å²) in [6, 6.07) is 0. The Kier molecular flexibility index (Phi) is 2.36. The summed E-state index contributed by atoms with van der Waals surface area (Å²) in [5, 5.41) is 21.6. The van der Waals surface area contributed by atoms with Crippen molar-refractivity contribution >= 4 is 17.6 Å². The molecule has 0 saturated heterocycles. The van der Waals surface area contributed by atoms with Crippen LogP contribution >= 0.6 is 0 Å². The second-order valence-corrected chi connectivity index (χ2v) is 1.68. The number of hydrogen-bond acceptors (Lipinski definition) is 3. The molecule has 0 bridgehead atoms. The summed E-state index contributed by atoms with van der Waals surface area (Å²) in [4.78, 5) is 10.1. The lowest BCUT2D eigenvalue weighted by Gasteiger charge is -2.06. The molecule has 0 aromatic rings. The lowest BCUT2D eigenvalue weighted by Crippen LogP contribution is -2.39. The minimum Gasteiger partial charge on any atom is -0.480 e. The van der Waals surface area contributed by atoms with E-state index in [9.17, 15) is 4.79 Å². The Hall–Kier alpha value is -1.59. The average molecular weight is 144 g/mol. The zero-order valence-electron chi connectivity index (χ0n) is 5.09. The molecule has 6 heteroatoms. The lowest BCUT2D eigenvalue weighted by molar-refractivity contribution is -0.137. The molecule has 0 atom stereocenters. The molecule has 0 saturated carbocycles. The van der Waals surface area contributed by atoms with Gasteiger partial charge in [-0.3, -0.25) is 15.6 Å². The maximum atomic E-state index is 10.1. The van der Waals surface area contributed by atoms with Crippen LogP contribution < -0.4 is 11.5 Å². The van der Waals surface area contributed by atoms with Crippen molar-refractivity contribution in [2.45, 2.75) is 0 Å². The molecule has 7 N–H and O–H groups in total. The van der Waals surface area contributed by atoms with E-state index in [1.54, 1.807) is 0 Å². The van der Waals surface area contributed by atoms with Gasteiger partial charge in [-0.1, -0.05) is 0 Å². The first-order chi connectivity index (χ1) is 4.46. The van der Waals surface area contributed by atoms with Gasteiger partial charge in [0, 0.05) is 0 Å². The van der Waals surface area contributed by atoms with Crippen molar-refractivity contribution in [3.63, 3.8) is 0 Å². The van der Waals surface area contributed by atoms with Crippen LogP contribution in [0.5, 0.6) is 0 Å². The predicted molar refractivity (Wildman–Crippen MR) is 35.0 cm³/mol. The van der Waals surface area contributed by atoms with Gasteiger partial charge in [0.25, 0.3) is 0 Å². The van der Waals surface area contributed by atoms with Crippen LogP contribution in [0.1, 0.15) is 0 Å². The van der Waals surface area contributed by atoms with E-state index in [0.29, 0.717) is 0 Å². The Morgan fingerprint density at radius 1 is 1.30 bits per heavy atom. The van der Waals surface area contributed by atoms with E-state index >= 15 is 0 Å². The smallest absolute Gasteiger partial charge is 0.321 e. The Morgan fingerprint density at radius 2 is 1.60 bits per heavy atom. The second-order valence-electron chi connectivity index (χ2n) is 1.68. The van der Waals surface area contributed by atoms with Crippen molar-refractivity contribution in [2.24, 2.45) is 17.4 Å². The van der Waals surface area contributed by atoms with Crippen molar-refractivity contribution < 1.29 is 9.90 Å². The molecule has 0 rings (SSSR count). The number of carboxylic acids is 1. The molecule has 0 fully saturated rings. The fraction of sp³-hybridized carbons (Fsp3) is 0.250. The summed E-state index contributed by atoms with van der Waals surface area (Å²) in [7, 11) is 0. The maximum absolute atomic E-state index is 10.1. The standard InChI is InChI=1S/C4H8N4O2/c5-2(6)1(3(7)8)4(9)10/h1H,(H3,5,6)(H3,7,8)(H,9,10). The Bertz CT molecular complexity index is 154. The molecule has 0 unspecified atom stereocenters. The van der Waals surface area contributed by atoms with E-state index in [1.165, 1.54) is 0 Å². The van der Waals surface area contributed by atoms with Gasteiger partial charge in [0.2, 0.25) is 0 Å². The van der Waals surface area contributed by atoms with E-state index in [2.05, 4.69) is 0 Å². The molecule has 0 heterocycles. The number of carboxylic acid groups (broad SMARTS) is 1. The summed E-state index contributed by atoms with van der Waals surface area (Å²) in [6.07, 6.45) is 0. The van der Waals surface area contributed by atoms with Crippen molar-refractivity contribution in [3.05, 3.63) is 0 Å². The number of rotatable bonds is 3. The summed E-state index contributed by atoms with van der Waals surface area (Å²) in [5.41, 5.74) is 9.64. The van der Waals surface area contributed by atoms with Gasteiger partial charge in [0.15, 0.2) is 5.92 Å². The summed E-state index contributed by atoms with van der Waals surface area (Å²) >= 11 is 0. The molecule has 0 amide bonds. The van der Waals surface area contributed by atoms with Crippen LogP contribution in [-0.4, -0.2) is 22.7 Å². The Morgan fingerprint density at radius 3 is 1.60 bits per heavy atom. The minimum absolute atomic E-state index is 0.625. The van der Waals surface area contributed by atoms with Crippen LogP contribution in [0.4, 0.5) is 0 Å². The van der Waals surface area contributed by atoms with E-state index in [1.807, 2.05) is 0 Å². The van der Waals surface area contributed by atoms with Crippen molar-refractivity contribution in [1.82, 2.24) is 0 Å². The number of amidine groups is 2. The van der Waals surface area contributed by atoms with Crippen molar-refractivity contribution in [1.29, 1.82) is 10.8 Å². The number of nitrogens with one attached hydrogen (secondary N) is 2. The van der Waals surface area contributed by atoms with Crippen LogP contribution in [-0.2, 0) is 4.79 Å². The zero-order chi connectivity index (χ0) is 8.31. The summed E-state index contributed by atoms with van der Waals surface area (Å²) < 4.78 is 0. The predicted octanol–water partition coefficient (Wildman–Crippen LogP) is -1.44. The number of hydrogen-bond donors (Lipinski definition) is 5. The van der Waals surface area contributed by atoms with Crippen molar-refractivity contribution in [2.75, 3.05) is 0 Å². The van der Waals surface area contributed by atoms with E-state index in [0.717, 1.165) is 0 Å². The molecule has 0 aliphatic heterocycles. The van der Waals surface area contributed by atoms with Gasteiger partial charge < -0.3 is 16.6 Å². The van der Waals surface area contributed by atoms with Gasteiger partial charge in [-0.15, -0.1) is 0 Å². The van der Waals surface area contributed by atoms with Crippen LogP contribution in [0.2, 0.25) is 0 Å². The fourth-order valence-electron chi connectivity index (χ4n) is 0.434. The number of carbonyl (C=O) groups is 1. The largest absolute Gasteiger partial charge is 0.480 e. The van der Waals surface area contributed by atoms with Gasteiger partial charge in [0.1, 0.15) is 11.7 Å². The highest BCUT2D eigenvalue weighted by molar-refractivity contribution is 6.16. The first-order valence-corrected chi connectivity index (χ1v) is 2.37. The zero-order valence-corrected chi connectivity index (χ0v) is 5.09. The van der Waals surface area contributed by atoms with Gasteiger partial charge in [-0.25, -0.2) is 0 Å². The highest BCUT2D eigenvalue weighted by Crippen LogP contribution is 1.93. The van der Waals surface area contributed by atoms with Gasteiger partial charge in [-0.05, 0) is 0 Å². The van der Waals surface area contributed by atoms with Crippen LogP contribution in [0.25, 0.3) is 0 Å². The lowest BCUT2D eigenvalue weighted by atomic mass is 10.1. The number of nitrogens with two attached hydrogens (primary N) is 2. The molecule has 6 nitrogen and oxygen atoms in total. The number of aliphatic carboxylic acids is 1. The second kappa shape index (κ2) is 2.81. The Labute approximate surface area is 56.8 Å². The third kappa shape index (κ3) is 1.73. The highest BCUT2D eigenvalue weighted by atomic mass is 16.4. The normalized spacial score (nSPS) is 12.0. The van der Waals surface area contributed by atoms with E-state index in [4.69, 9.17) is 27.4 Å². The molecule has 0 aromatic carbocycles. The minimum atomic E-state index is -1.47. The molecule has 0 aliphatic carbocycles. The highest BCUT2D eigenvalue weighted by Gasteiger charge is 2.23. The molecule has 0 spiro atoms. The van der Waals surface area contributed by atoms with Crippen molar-refractivity contribution in [3.8, 4) is 0 Å². The van der Waals surface area contributed by atoms with E-state index < -0.39 is 23.6 Å².